The van der Waals surface area contributed by atoms with Gasteiger partial charge in [0.05, 0.1) is 16.8 Å². The Hall–Kier alpha value is -2.60. The molecule has 1 amide bonds. The number of phenols is 1. The molecule has 3 rings (SSSR count). The van der Waals surface area contributed by atoms with Crippen molar-refractivity contribution in [3.63, 3.8) is 0 Å². The van der Waals surface area contributed by atoms with Crippen LogP contribution in [0.4, 0.5) is 5.69 Å². The molecule has 0 saturated carbocycles. The first-order valence-electron chi connectivity index (χ1n) is 7.59. The first kappa shape index (κ1) is 16.3. The van der Waals surface area contributed by atoms with Crippen LogP contribution in [-0.2, 0) is 4.79 Å². The molecule has 1 fully saturated rings. The summed E-state index contributed by atoms with van der Waals surface area (Å²) in [5.41, 5.74) is 2.50. The third kappa shape index (κ3) is 3.19. The van der Waals surface area contributed by atoms with Gasteiger partial charge in [-0.3, -0.25) is 14.7 Å². The molecule has 1 aliphatic heterocycles. The SMILES string of the molecule is CCN1C(=O)/C(=C(\C)c2ccc(O)cc2)SC1=Nc1cccnc1. The maximum absolute atomic E-state index is 12.7. The molecular weight excluding hydrogens is 322 g/mol. The van der Waals surface area contributed by atoms with E-state index in [1.54, 1.807) is 41.6 Å². The number of thioether (sulfide) groups is 1. The van der Waals surface area contributed by atoms with Gasteiger partial charge in [-0.15, -0.1) is 0 Å². The Morgan fingerprint density at radius 1 is 1.29 bits per heavy atom. The average Bonchev–Trinajstić information content (AvgIpc) is 2.91. The summed E-state index contributed by atoms with van der Waals surface area (Å²) in [6.07, 6.45) is 3.36. The predicted octanol–water partition coefficient (Wildman–Crippen LogP) is 3.80. The first-order valence-corrected chi connectivity index (χ1v) is 8.40. The summed E-state index contributed by atoms with van der Waals surface area (Å²) in [6, 6.07) is 10.5. The largest absolute Gasteiger partial charge is 0.508 e. The van der Waals surface area contributed by atoms with Gasteiger partial charge in [0, 0.05) is 12.7 Å². The monoisotopic (exact) mass is 339 g/mol. The van der Waals surface area contributed by atoms with Crippen molar-refractivity contribution in [3.8, 4) is 5.75 Å². The lowest BCUT2D eigenvalue weighted by Gasteiger charge is -2.12. The number of allylic oxidation sites excluding steroid dienone is 1. The van der Waals surface area contributed by atoms with E-state index < -0.39 is 0 Å². The van der Waals surface area contributed by atoms with E-state index in [9.17, 15) is 9.90 Å². The number of aromatic nitrogens is 1. The number of aromatic hydroxyl groups is 1. The molecule has 0 atom stereocenters. The predicted molar refractivity (Wildman–Crippen MR) is 97.0 cm³/mol. The summed E-state index contributed by atoms with van der Waals surface area (Å²) >= 11 is 1.37. The standard InChI is InChI=1S/C18H17N3O2S/c1-3-21-17(23)16(12(2)13-6-8-15(22)9-7-13)24-18(21)20-14-5-4-10-19-11-14/h4-11,22H,3H2,1-2H3/b16-12-,20-18?. The zero-order valence-electron chi connectivity index (χ0n) is 13.4. The summed E-state index contributed by atoms with van der Waals surface area (Å²) in [5.74, 6) is 0.159. The van der Waals surface area contributed by atoms with Crippen LogP contribution in [0.5, 0.6) is 5.75 Å². The van der Waals surface area contributed by atoms with Crippen molar-refractivity contribution in [2.75, 3.05) is 6.54 Å². The van der Waals surface area contributed by atoms with Gasteiger partial charge in [0.2, 0.25) is 0 Å². The van der Waals surface area contributed by atoms with Crippen molar-refractivity contribution >= 4 is 34.1 Å². The number of phenolic OH excluding ortho intramolecular Hbond substituents is 1. The van der Waals surface area contributed by atoms with Crippen LogP contribution < -0.4 is 0 Å². The number of carbonyl (C=O) groups is 1. The second kappa shape index (κ2) is 6.88. The molecule has 1 aliphatic rings. The normalized spacial score (nSPS) is 18.3. The first-order chi connectivity index (χ1) is 11.6. The molecule has 0 unspecified atom stereocenters. The van der Waals surface area contributed by atoms with E-state index in [0.717, 1.165) is 16.8 Å². The summed E-state index contributed by atoms with van der Waals surface area (Å²) in [6.45, 7) is 4.39. The fourth-order valence-corrected chi connectivity index (χ4v) is 3.50. The Bertz CT molecular complexity index is 814. The van der Waals surface area contributed by atoms with Gasteiger partial charge in [-0.1, -0.05) is 12.1 Å². The number of benzene rings is 1. The fraction of sp³-hybridized carbons (Fsp3) is 0.167. The van der Waals surface area contributed by atoms with Gasteiger partial charge in [-0.05, 0) is 61.0 Å². The molecule has 1 N–H and O–H groups in total. The highest BCUT2D eigenvalue weighted by molar-refractivity contribution is 8.18. The molecule has 1 aromatic carbocycles. The van der Waals surface area contributed by atoms with Crippen molar-refractivity contribution in [2.24, 2.45) is 4.99 Å². The van der Waals surface area contributed by atoms with E-state index in [1.807, 2.05) is 26.0 Å². The third-order valence-corrected chi connectivity index (χ3v) is 4.87. The lowest BCUT2D eigenvalue weighted by atomic mass is 10.1. The van der Waals surface area contributed by atoms with Crippen LogP contribution >= 0.6 is 11.8 Å². The molecule has 0 aliphatic carbocycles. The highest BCUT2D eigenvalue weighted by Crippen LogP contribution is 2.37. The maximum atomic E-state index is 12.7. The number of carbonyl (C=O) groups excluding carboxylic acids is 1. The Labute approximate surface area is 144 Å². The van der Waals surface area contributed by atoms with Crippen molar-refractivity contribution in [1.29, 1.82) is 0 Å². The molecule has 1 aromatic heterocycles. The van der Waals surface area contributed by atoms with Gasteiger partial charge in [-0.25, -0.2) is 4.99 Å². The molecule has 24 heavy (non-hydrogen) atoms. The minimum Gasteiger partial charge on any atom is -0.508 e. The summed E-state index contributed by atoms with van der Waals surface area (Å²) in [4.78, 5) is 23.6. The van der Waals surface area contributed by atoms with Crippen LogP contribution in [0, 0.1) is 0 Å². The Morgan fingerprint density at radius 3 is 2.67 bits per heavy atom. The van der Waals surface area contributed by atoms with Crippen molar-refractivity contribution in [1.82, 2.24) is 9.88 Å². The molecule has 0 bridgehead atoms. The molecule has 1 saturated heterocycles. The van der Waals surface area contributed by atoms with Crippen LogP contribution in [0.25, 0.3) is 5.57 Å². The van der Waals surface area contributed by atoms with Crippen molar-refractivity contribution in [2.45, 2.75) is 13.8 Å². The molecule has 6 heteroatoms. The van der Waals surface area contributed by atoms with Crippen LogP contribution in [-0.4, -0.2) is 32.6 Å². The number of hydrogen-bond acceptors (Lipinski definition) is 5. The van der Waals surface area contributed by atoms with E-state index in [2.05, 4.69) is 9.98 Å². The van der Waals surface area contributed by atoms with Crippen molar-refractivity contribution < 1.29 is 9.90 Å². The number of hydrogen-bond donors (Lipinski definition) is 1. The number of rotatable bonds is 3. The van der Waals surface area contributed by atoms with E-state index in [0.29, 0.717) is 16.6 Å². The second-order valence-electron chi connectivity index (χ2n) is 5.26. The minimum atomic E-state index is -0.0456. The molecule has 2 heterocycles. The third-order valence-electron chi connectivity index (χ3n) is 3.69. The Kier molecular flexibility index (Phi) is 4.66. The lowest BCUT2D eigenvalue weighted by Crippen LogP contribution is -2.28. The molecule has 5 nitrogen and oxygen atoms in total. The van der Waals surface area contributed by atoms with Gasteiger partial charge in [0.25, 0.3) is 5.91 Å². The number of amidine groups is 1. The number of nitrogens with zero attached hydrogens (tertiary/aromatic N) is 3. The number of amides is 1. The maximum Gasteiger partial charge on any atom is 0.267 e. The van der Waals surface area contributed by atoms with E-state index in [1.165, 1.54) is 11.8 Å². The average molecular weight is 339 g/mol. The van der Waals surface area contributed by atoms with Crippen LogP contribution in [0.3, 0.4) is 0 Å². The molecule has 0 radical (unpaired) electrons. The van der Waals surface area contributed by atoms with Gasteiger partial charge >= 0.3 is 0 Å². The van der Waals surface area contributed by atoms with E-state index >= 15 is 0 Å². The Morgan fingerprint density at radius 2 is 2.04 bits per heavy atom. The summed E-state index contributed by atoms with van der Waals surface area (Å²) < 4.78 is 0. The van der Waals surface area contributed by atoms with E-state index in [4.69, 9.17) is 0 Å². The molecule has 122 valence electrons. The van der Waals surface area contributed by atoms with Crippen LogP contribution in [0.1, 0.15) is 19.4 Å². The highest BCUT2D eigenvalue weighted by Gasteiger charge is 2.33. The number of pyridine rings is 1. The summed E-state index contributed by atoms with van der Waals surface area (Å²) in [5, 5.41) is 10.1. The second-order valence-corrected chi connectivity index (χ2v) is 6.24. The zero-order valence-corrected chi connectivity index (χ0v) is 14.2. The summed E-state index contributed by atoms with van der Waals surface area (Å²) in [7, 11) is 0. The lowest BCUT2D eigenvalue weighted by molar-refractivity contribution is -0.122. The van der Waals surface area contributed by atoms with Crippen LogP contribution in [0.2, 0.25) is 0 Å². The molecule has 0 spiro atoms. The molecule has 2 aromatic rings. The van der Waals surface area contributed by atoms with Crippen LogP contribution in [0.15, 0.2) is 58.7 Å². The Balaban J connectivity index is 1.99. The fourth-order valence-electron chi connectivity index (χ4n) is 2.37. The number of likely N-dealkylation sites (N-methyl/N-ethyl adjacent to an activating group) is 1. The molecular formula is C18H17N3O2S. The van der Waals surface area contributed by atoms with E-state index in [-0.39, 0.29) is 11.7 Å². The van der Waals surface area contributed by atoms with Gasteiger partial charge in [-0.2, -0.15) is 0 Å². The minimum absolute atomic E-state index is 0.0456. The topological polar surface area (TPSA) is 65.8 Å². The smallest absolute Gasteiger partial charge is 0.267 e. The highest BCUT2D eigenvalue weighted by atomic mass is 32.2. The van der Waals surface area contributed by atoms with Gasteiger partial charge in [0.1, 0.15) is 5.75 Å². The zero-order chi connectivity index (χ0) is 17.1. The van der Waals surface area contributed by atoms with Crippen molar-refractivity contribution in [3.05, 3.63) is 59.3 Å². The quantitative estimate of drug-likeness (QED) is 0.864. The van der Waals surface area contributed by atoms with Gasteiger partial charge in [0.15, 0.2) is 5.17 Å². The van der Waals surface area contributed by atoms with Gasteiger partial charge < -0.3 is 5.11 Å². The number of aliphatic imine (C=N–C) groups is 1.